The van der Waals surface area contributed by atoms with Crippen LogP contribution in [0.1, 0.15) is 25.0 Å². The summed E-state index contributed by atoms with van der Waals surface area (Å²) in [5.74, 6) is -0.816. The molecule has 10 heteroatoms. The molecule has 2 amide bonds. The molecule has 0 aliphatic carbocycles. The van der Waals surface area contributed by atoms with Crippen molar-refractivity contribution in [1.82, 2.24) is 25.8 Å². The maximum atomic E-state index is 13.1. The average Bonchev–Trinajstić information content (AvgIpc) is 3.40. The highest BCUT2D eigenvalue weighted by Crippen LogP contribution is 2.28. The lowest BCUT2D eigenvalue weighted by Crippen LogP contribution is -2.41. The third-order valence-electron chi connectivity index (χ3n) is 4.01. The van der Waals surface area contributed by atoms with E-state index in [2.05, 4.69) is 25.8 Å². The number of amides is 2. The molecule has 0 atom stereocenters. The van der Waals surface area contributed by atoms with Crippen molar-refractivity contribution in [3.8, 4) is 21.3 Å². The number of aryl methyl sites for hydroxylation is 1. The molecule has 7 nitrogen and oxygen atoms in total. The Hall–Kier alpha value is -3.50. The fraction of sp³-hybridized carbons (Fsp3) is 0.0500. The van der Waals surface area contributed by atoms with Gasteiger partial charge in [0.2, 0.25) is 0 Å². The van der Waals surface area contributed by atoms with E-state index >= 15 is 0 Å². The largest absolute Gasteiger partial charge is 0.281 e. The third-order valence-corrected chi connectivity index (χ3v) is 6.29. The van der Waals surface area contributed by atoms with Gasteiger partial charge in [-0.05, 0) is 42.8 Å². The molecule has 4 aromatic rings. The molecule has 30 heavy (non-hydrogen) atoms. The number of rotatable bonds is 4. The smallest absolute Gasteiger partial charge is 0.266 e. The lowest BCUT2D eigenvalue weighted by Gasteiger charge is -2.05. The first-order chi connectivity index (χ1) is 14.5. The van der Waals surface area contributed by atoms with Crippen LogP contribution in [0.2, 0.25) is 0 Å². The van der Waals surface area contributed by atoms with Gasteiger partial charge in [-0.1, -0.05) is 12.1 Å². The van der Waals surface area contributed by atoms with Crippen molar-refractivity contribution in [3.05, 3.63) is 76.1 Å². The minimum absolute atomic E-state index is 0.323. The molecule has 0 saturated carbocycles. The summed E-state index contributed by atoms with van der Waals surface area (Å²) in [4.78, 5) is 39.0. The van der Waals surface area contributed by atoms with Gasteiger partial charge in [-0.3, -0.25) is 20.4 Å². The second kappa shape index (κ2) is 8.47. The molecule has 3 heterocycles. The highest BCUT2D eigenvalue weighted by Gasteiger charge is 2.18. The number of carbonyl (C=O) groups excluding carboxylic acids is 2. The van der Waals surface area contributed by atoms with E-state index in [1.165, 1.54) is 23.5 Å². The van der Waals surface area contributed by atoms with E-state index in [0.717, 1.165) is 21.8 Å². The zero-order valence-corrected chi connectivity index (χ0v) is 17.2. The summed E-state index contributed by atoms with van der Waals surface area (Å²) < 4.78 is 13.1. The molecule has 4 rings (SSSR count). The van der Waals surface area contributed by atoms with Crippen LogP contribution in [0.3, 0.4) is 0 Å². The molecule has 0 radical (unpaired) electrons. The highest BCUT2D eigenvalue weighted by molar-refractivity contribution is 7.17. The van der Waals surface area contributed by atoms with E-state index in [9.17, 15) is 14.0 Å². The van der Waals surface area contributed by atoms with Crippen molar-refractivity contribution in [1.29, 1.82) is 0 Å². The van der Waals surface area contributed by atoms with Crippen molar-refractivity contribution < 1.29 is 14.0 Å². The molecule has 0 unspecified atom stereocenters. The van der Waals surface area contributed by atoms with Gasteiger partial charge in [0.1, 0.15) is 10.7 Å². The number of halogens is 1. The number of hydrogen-bond donors (Lipinski definition) is 2. The predicted octanol–water partition coefficient (Wildman–Crippen LogP) is 3.85. The van der Waals surface area contributed by atoms with Crippen molar-refractivity contribution in [2.45, 2.75) is 6.92 Å². The summed E-state index contributed by atoms with van der Waals surface area (Å²) in [5, 5.41) is 0.520. The number of thiophene rings is 1. The lowest BCUT2D eigenvalue weighted by molar-refractivity contribution is 0.0850. The van der Waals surface area contributed by atoms with E-state index in [4.69, 9.17) is 0 Å². The second-order valence-corrected chi connectivity index (χ2v) is 8.17. The van der Waals surface area contributed by atoms with E-state index in [-0.39, 0.29) is 5.82 Å². The monoisotopic (exact) mass is 439 g/mol. The van der Waals surface area contributed by atoms with Crippen LogP contribution >= 0.6 is 22.7 Å². The minimum atomic E-state index is -0.476. The van der Waals surface area contributed by atoms with Crippen molar-refractivity contribution in [2.75, 3.05) is 0 Å². The second-order valence-electron chi connectivity index (χ2n) is 6.08. The lowest BCUT2D eigenvalue weighted by atomic mass is 10.2. The molecule has 0 aliphatic heterocycles. The Morgan fingerprint density at radius 2 is 1.63 bits per heavy atom. The Balaban J connectivity index is 1.41. The summed E-state index contributed by atoms with van der Waals surface area (Å²) in [6.07, 6.45) is 3.19. The van der Waals surface area contributed by atoms with Crippen LogP contribution in [-0.2, 0) is 0 Å². The van der Waals surface area contributed by atoms with Crippen LogP contribution in [0.4, 0.5) is 4.39 Å². The zero-order chi connectivity index (χ0) is 21.1. The van der Waals surface area contributed by atoms with Crippen LogP contribution < -0.4 is 10.9 Å². The molecular formula is C20H14FN5O2S2. The fourth-order valence-electron chi connectivity index (χ4n) is 2.57. The van der Waals surface area contributed by atoms with Gasteiger partial charge in [0.25, 0.3) is 11.8 Å². The van der Waals surface area contributed by atoms with Gasteiger partial charge < -0.3 is 0 Å². The quantitative estimate of drug-likeness (QED) is 0.471. The maximum Gasteiger partial charge on any atom is 0.281 e. The molecule has 0 fully saturated rings. The van der Waals surface area contributed by atoms with Gasteiger partial charge in [0.05, 0.1) is 10.6 Å². The predicted molar refractivity (Wildman–Crippen MR) is 113 cm³/mol. The topological polar surface area (TPSA) is 96.9 Å². The van der Waals surface area contributed by atoms with E-state index in [1.807, 2.05) is 0 Å². The summed E-state index contributed by atoms with van der Waals surface area (Å²) in [5.41, 5.74) is 6.14. The fourth-order valence-corrected chi connectivity index (χ4v) is 4.39. The zero-order valence-electron chi connectivity index (χ0n) is 15.5. The van der Waals surface area contributed by atoms with Crippen LogP contribution in [0.25, 0.3) is 21.3 Å². The van der Waals surface area contributed by atoms with Gasteiger partial charge in [-0.15, -0.1) is 22.7 Å². The number of benzene rings is 1. The highest BCUT2D eigenvalue weighted by atomic mass is 32.1. The van der Waals surface area contributed by atoms with Gasteiger partial charge in [0.15, 0.2) is 10.8 Å². The molecule has 150 valence electrons. The Morgan fingerprint density at radius 1 is 0.933 bits per heavy atom. The van der Waals surface area contributed by atoms with Crippen LogP contribution in [0, 0.1) is 12.7 Å². The first kappa shape index (κ1) is 19.8. The molecular weight excluding hydrogens is 425 g/mol. The number of hydrazine groups is 1. The number of carbonyl (C=O) groups is 2. The van der Waals surface area contributed by atoms with Gasteiger partial charge in [-0.25, -0.2) is 19.3 Å². The van der Waals surface area contributed by atoms with Crippen LogP contribution in [-0.4, -0.2) is 26.8 Å². The number of hydrogen-bond acceptors (Lipinski definition) is 7. The van der Waals surface area contributed by atoms with Crippen molar-refractivity contribution in [3.63, 3.8) is 0 Å². The number of thiazole rings is 1. The standard InChI is InChI=1S/C20H14FN5O2S2/c1-11-16(30-20(24-11)17-22-9-2-10-23-17)19(28)26-25-18(27)15-8-7-14(29-15)12-3-5-13(21)6-4-12/h2-10H,1H3,(H,25,27)(H,26,28). The summed E-state index contributed by atoms with van der Waals surface area (Å²) in [7, 11) is 0. The molecule has 0 saturated heterocycles. The molecule has 0 aliphatic rings. The Morgan fingerprint density at radius 3 is 2.37 bits per heavy atom. The minimum Gasteiger partial charge on any atom is -0.266 e. The first-order valence-corrected chi connectivity index (χ1v) is 10.4. The van der Waals surface area contributed by atoms with Gasteiger partial charge in [-0.2, -0.15) is 0 Å². The van der Waals surface area contributed by atoms with E-state index in [0.29, 0.717) is 26.3 Å². The average molecular weight is 439 g/mol. The van der Waals surface area contributed by atoms with E-state index < -0.39 is 11.8 Å². The van der Waals surface area contributed by atoms with Gasteiger partial charge in [0, 0.05) is 17.3 Å². The Bertz CT molecular complexity index is 1210. The van der Waals surface area contributed by atoms with Gasteiger partial charge >= 0.3 is 0 Å². The third kappa shape index (κ3) is 4.24. The number of aromatic nitrogens is 3. The number of nitrogens with one attached hydrogen (secondary N) is 2. The molecule has 0 bridgehead atoms. The summed E-state index contributed by atoms with van der Waals surface area (Å²) >= 11 is 2.38. The van der Waals surface area contributed by atoms with Crippen LogP contribution in [0.15, 0.2) is 54.9 Å². The molecule has 3 aromatic heterocycles. The summed E-state index contributed by atoms with van der Waals surface area (Å²) in [6, 6.07) is 11.1. The molecule has 0 spiro atoms. The van der Waals surface area contributed by atoms with Crippen molar-refractivity contribution in [2.24, 2.45) is 0 Å². The van der Waals surface area contributed by atoms with Crippen molar-refractivity contribution >= 4 is 34.5 Å². The molecule has 2 N–H and O–H groups in total. The first-order valence-electron chi connectivity index (χ1n) is 8.72. The van der Waals surface area contributed by atoms with E-state index in [1.54, 1.807) is 49.6 Å². The number of nitrogens with zero attached hydrogens (tertiary/aromatic N) is 3. The Kier molecular flexibility index (Phi) is 5.59. The molecule has 1 aromatic carbocycles. The summed E-state index contributed by atoms with van der Waals surface area (Å²) in [6.45, 7) is 1.70. The SMILES string of the molecule is Cc1nc(-c2ncccn2)sc1C(=O)NNC(=O)c1ccc(-c2ccc(F)cc2)s1. The van der Waals surface area contributed by atoms with Crippen LogP contribution in [0.5, 0.6) is 0 Å². The normalized spacial score (nSPS) is 10.6. The maximum absolute atomic E-state index is 13.1. The Labute approximate surface area is 178 Å².